The quantitative estimate of drug-likeness (QED) is 0.807. The van der Waals surface area contributed by atoms with Crippen LogP contribution in [0.15, 0.2) is 54.6 Å². The van der Waals surface area contributed by atoms with Gasteiger partial charge in [-0.1, -0.05) is 36.4 Å². The van der Waals surface area contributed by atoms with Crippen LogP contribution in [0.5, 0.6) is 0 Å². The minimum atomic E-state index is -0.148. The van der Waals surface area contributed by atoms with Crippen LogP contribution in [0, 0.1) is 0 Å². The van der Waals surface area contributed by atoms with E-state index in [1.165, 1.54) is 0 Å². The molecule has 1 saturated heterocycles. The van der Waals surface area contributed by atoms with Gasteiger partial charge in [0.1, 0.15) is 0 Å². The molecule has 0 bridgehead atoms. The van der Waals surface area contributed by atoms with Gasteiger partial charge < -0.3 is 15.4 Å². The molecule has 0 radical (unpaired) electrons. The number of nitrogens with one attached hydrogen (secondary N) is 2. The van der Waals surface area contributed by atoms with E-state index in [2.05, 4.69) is 27.7 Å². The number of anilines is 1. The third-order valence-corrected chi connectivity index (χ3v) is 4.75. The standard InChI is InChI=1S/C22H27N3O3/c1-3-23-22(27)18-10-7-11-19(12-18)24-21(26)14-25-13-16(2)28-15-20(25)17-8-5-4-6-9-17/h4-12,16,20H,3,13-15H2,1-2H3,(H,23,27)(H,24,26). The number of nitrogens with zero attached hydrogens (tertiary/aromatic N) is 1. The molecule has 2 N–H and O–H groups in total. The Hall–Kier alpha value is -2.70. The molecule has 0 aromatic heterocycles. The zero-order valence-corrected chi connectivity index (χ0v) is 16.4. The van der Waals surface area contributed by atoms with E-state index in [1.54, 1.807) is 24.3 Å². The Morgan fingerprint density at radius 1 is 1.14 bits per heavy atom. The van der Waals surface area contributed by atoms with Crippen molar-refractivity contribution in [1.29, 1.82) is 0 Å². The van der Waals surface area contributed by atoms with Crippen LogP contribution in [0.4, 0.5) is 5.69 Å². The fraction of sp³-hybridized carbons (Fsp3) is 0.364. The first kappa shape index (κ1) is 20.0. The topological polar surface area (TPSA) is 70.7 Å². The van der Waals surface area contributed by atoms with Gasteiger partial charge in [0, 0.05) is 24.3 Å². The van der Waals surface area contributed by atoms with Crippen LogP contribution in [-0.4, -0.2) is 49.1 Å². The normalized spacial score (nSPS) is 19.8. The summed E-state index contributed by atoms with van der Waals surface area (Å²) in [6.07, 6.45) is 0.0776. The van der Waals surface area contributed by atoms with E-state index in [-0.39, 0.29) is 30.5 Å². The van der Waals surface area contributed by atoms with E-state index >= 15 is 0 Å². The number of hydrogen-bond donors (Lipinski definition) is 2. The zero-order chi connectivity index (χ0) is 19.9. The van der Waals surface area contributed by atoms with E-state index in [1.807, 2.05) is 32.0 Å². The highest BCUT2D eigenvalue weighted by Crippen LogP contribution is 2.26. The Morgan fingerprint density at radius 3 is 2.68 bits per heavy atom. The summed E-state index contributed by atoms with van der Waals surface area (Å²) in [5.74, 6) is -0.257. The molecule has 6 heteroatoms. The van der Waals surface area contributed by atoms with E-state index in [0.717, 1.165) is 5.56 Å². The molecule has 0 saturated carbocycles. The summed E-state index contributed by atoms with van der Waals surface area (Å²) < 4.78 is 5.82. The van der Waals surface area contributed by atoms with E-state index < -0.39 is 0 Å². The lowest BCUT2D eigenvalue weighted by molar-refractivity contribution is -0.121. The van der Waals surface area contributed by atoms with Crippen molar-refractivity contribution in [2.24, 2.45) is 0 Å². The minimum Gasteiger partial charge on any atom is -0.375 e. The van der Waals surface area contributed by atoms with Crippen LogP contribution >= 0.6 is 0 Å². The second-order valence-corrected chi connectivity index (χ2v) is 6.99. The predicted octanol–water partition coefficient (Wildman–Crippen LogP) is 2.84. The number of carbonyl (C=O) groups excluding carboxylic acids is 2. The maximum Gasteiger partial charge on any atom is 0.251 e. The van der Waals surface area contributed by atoms with Crippen LogP contribution in [-0.2, 0) is 9.53 Å². The molecule has 1 aliphatic heterocycles. The molecular weight excluding hydrogens is 354 g/mol. The average Bonchev–Trinajstić information content (AvgIpc) is 2.69. The number of carbonyl (C=O) groups is 2. The SMILES string of the molecule is CCNC(=O)c1cccc(NC(=O)CN2CC(C)OCC2c2ccccc2)c1. The number of amides is 2. The second kappa shape index (κ2) is 9.48. The molecule has 2 amide bonds. The van der Waals surface area contributed by atoms with Gasteiger partial charge in [-0.25, -0.2) is 0 Å². The first-order valence-corrected chi connectivity index (χ1v) is 9.65. The molecule has 28 heavy (non-hydrogen) atoms. The van der Waals surface area contributed by atoms with Gasteiger partial charge in [0.15, 0.2) is 0 Å². The summed E-state index contributed by atoms with van der Waals surface area (Å²) in [7, 11) is 0. The Kier molecular flexibility index (Phi) is 6.79. The Balaban J connectivity index is 1.67. The molecular formula is C22H27N3O3. The van der Waals surface area contributed by atoms with Crippen molar-refractivity contribution in [1.82, 2.24) is 10.2 Å². The van der Waals surface area contributed by atoms with Gasteiger partial charge in [0.25, 0.3) is 5.91 Å². The molecule has 1 aliphatic rings. The van der Waals surface area contributed by atoms with Crippen molar-refractivity contribution in [3.05, 3.63) is 65.7 Å². The molecule has 1 heterocycles. The van der Waals surface area contributed by atoms with Crippen LogP contribution in [0.2, 0.25) is 0 Å². The van der Waals surface area contributed by atoms with Crippen molar-refractivity contribution in [2.45, 2.75) is 26.0 Å². The van der Waals surface area contributed by atoms with Crippen molar-refractivity contribution >= 4 is 17.5 Å². The van der Waals surface area contributed by atoms with Crippen LogP contribution in [0.25, 0.3) is 0 Å². The van der Waals surface area contributed by atoms with E-state index in [9.17, 15) is 9.59 Å². The van der Waals surface area contributed by atoms with Gasteiger partial charge >= 0.3 is 0 Å². The number of morpholine rings is 1. The molecule has 2 aromatic carbocycles. The maximum absolute atomic E-state index is 12.7. The van der Waals surface area contributed by atoms with Gasteiger partial charge in [0.05, 0.1) is 25.3 Å². The highest BCUT2D eigenvalue weighted by Gasteiger charge is 2.29. The number of benzene rings is 2. The third kappa shape index (κ3) is 5.18. The van der Waals surface area contributed by atoms with Gasteiger partial charge in [0.2, 0.25) is 5.91 Å². The lowest BCUT2D eigenvalue weighted by Gasteiger charge is -2.38. The summed E-state index contributed by atoms with van der Waals surface area (Å²) in [6.45, 7) is 5.96. The molecule has 0 aliphatic carbocycles. The van der Waals surface area contributed by atoms with Crippen molar-refractivity contribution in [3.63, 3.8) is 0 Å². The number of ether oxygens (including phenoxy) is 1. The molecule has 1 fully saturated rings. The Morgan fingerprint density at radius 2 is 1.93 bits per heavy atom. The van der Waals surface area contributed by atoms with Gasteiger partial charge in [-0.3, -0.25) is 14.5 Å². The van der Waals surface area contributed by atoms with Crippen LogP contribution in [0.3, 0.4) is 0 Å². The highest BCUT2D eigenvalue weighted by atomic mass is 16.5. The average molecular weight is 381 g/mol. The van der Waals surface area contributed by atoms with Gasteiger partial charge in [-0.2, -0.15) is 0 Å². The number of rotatable bonds is 6. The van der Waals surface area contributed by atoms with Crippen molar-refractivity contribution in [3.8, 4) is 0 Å². The lowest BCUT2D eigenvalue weighted by atomic mass is 10.0. The van der Waals surface area contributed by atoms with Gasteiger partial charge in [-0.05, 0) is 37.6 Å². The first-order valence-electron chi connectivity index (χ1n) is 9.65. The summed E-state index contributed by atoms with van der Waals surface area (Å²) in [5.41, 5.74) is 2.29. The maximum atomic E-state index is 12.7. The van der Waals surface area contributed by atoms with Crippen molar-refractivity contribution < 1.29 is 14.3 Å². The molecule has 2 unspecified atom stereocenters. The van der Waals surface area contributed by atoms with Crippen molar-refractivity contribution in [2.75, 3.05) is 31.6 Å². The summed E-state index contributed by atoms with van der Waals surface area (Å²) in [6, 6.07) is 17.1. The Labute approximate surface area is 165 Å². The third-order valence-electron chi connectivity index (χ3n) is 4.75. The van der Waals surface area contributed by atoms with Crippen LogP contribution in [0.1, 0.15) is 35.8 Å². The van der Waals surface area contributed by atoms with E-state index in [4.69, 9.17) is 4.74 Å². The zero-order valence-electron chi connectivity index (χ0n) is 16.4. The Bertz CT molecular complexity index is 810. The number of hydrogen-bond acceptors (Lipinski definition) is 4. The summed E-state index contributed by atoms with van der Waals surface area (Å²) in [5, 5.41) is 5.68. The second-order valence-electron chi connectivity index (χ2n) is 6.99. The largest absolute Gasteiger partial charge is 0.375 e. The summed E-state index contributed by atoms with van der Waals surface area (Å²) in [4.78, 5) is 26.8. The summed E-state index contributed by atoms with van der Waals surface area (Å²) >= 11 is 0. The molecule has 3 rings (SSSR count). The molecule has 0 spiro atoms. The van der Waals surface area contributed by atoms with Crippen LogP contribution < -0.4 is 10.6 Å². The molecule has 2 aromatic rings. The molecule has 2 atom stereocenters. The minimum absolute atomic E-state index is 0.0461. The fourth-order valence-electron chi connectivity index (χ4n) is 3.41. The monoisotopic (exact) mass is 381 g/mol. The van der Waals surface area contributed by atoms with E-state index in [0.29, 0.717) is 30.9 Å². The fourth-order valence-corrected chi connectivity index (χ4v) is 3.41. The predicted molar refractivity (Wildman–Crippen MR) is 109 cm³/mol. The molecule has 6 nitrogen and oxygen atoms in total. The lowest BCUT2D eigenvalue weighted by Crippen LogP contribution is -2.46. The first-order chi connectivity index (χ1) is 13.6. The smallest absolute Gasteiger partial charge is 0.251 e. The highest BCUT2D eigenvalue weighted by molar-refractivity contribution is 5.97. The molecule has 148 valence electrons. The van der Waals surface area contributed by atoms with Gasteiger partial charge in [-0.15, -0.1) is 0 Å².